The van der Waals surface area contributed by atoms with E-state index in [0.717, 1.165) is 25.2 Å². The molecule has 0 aliphatic carbocycles. The van der Waals surface area contributed by atoms with Crippen LogP contribution in [0.15, 0.2) is 18.3 Å². The molecule has 17 heavy (non-hydrogen) atoms. The van der Waals surface area contributed by atoms with E-state index in [1.54, 1.807) is 0 Å². The Hall–Kier alpha value is -1.09. The van der Waals surface area contributed by atoms with Gasteiger partial charge in [-0.3, -0.25) is 0 Å². The summed E-state index contributed by atoms with van der Waals surface area (Å²) in [5.41, 5.74) is 1.38. The number of nitrogens with zero attached hydrogens (tertiary/aromatic N) is 1. The quantitative estimate of drug-likeness (QED) is 0.826. The van der Waals surface area contributed by atoms with Gasteiger partial charge in [0.05, 0.1) is 6.10 Å². The minimum Gasteiger partial charge on any atom is -0.393 e. The lowest BCUT2D eigenvalue weighted by atomic mass is 9.88. The highest BCUT2D eigenvalue weighted by atomic mass is 16.3. The summed E-state index contributed by atoms with van der Waals surface area (Å²) in [6, 6.07) is 4.10. The minimum absolute atomic E-state index is 0.143. The zero-order valence-electron chi connectivity index (χ0n) is 11.3. The van der Waals surface area contributed by atoms with Crippen molar-refractivity contribution in [3.8, 4) is 0 Å². The molecule has 3 nitrogen and oxygen atoms in total. The first-order valence-electron chi connectivity index (χ1n) is 6.32. The van der Waals surface area contributed by atoms with Crippen molar-refractivity contribution in [2.45, 2.75) is 52.1 Å². The molecule has 0 saturated carbocycles. The molecule has 0 radical (unpaired) electrons. The predicted molar refractivity (Wildman–Crippen MR) is 72.3 cm³/mol. The highest BCUT2D eigenvalue weighted by molar-refractivity contribution is 5.36. The number of hydrogen-bond donors (Lipinski definition) is 2. The van der Waals surface area contributed by atoms with Crippen molar-refractivity contribution in [2.24, 2.45) is 0 Å². The van der Waals surface area contributed by atoms with Gasteiger partial charge >= 0.3 is 0 Å². The number of rotatable bonds is 5. The van der Waals surface area contributed by atoms with Crippen molar-refractivity contribution in [3.05, 3.63) is 23.9 Å². The SMILES string of the molecule is CCC(O)CCNc1ccc(C(C)(C)C)cn1. The number of nitrogens with one attached hydrogen (secondary N) is 1. The average Bonchev–Trinajstić information content (AvgIpc) is 2.28. The van der Waals surface area contributed by atoms with Gasteiger partial charge in [0.1, 0.15) is 5.82 Å². The van der Waals surface area contributed by atoms with Crippen LogP contribution in [0.3, 0.4) is 0 Å². The first-order chi connectivity index (χ1) is 7.93. The Labute approximate surface area is 104 Å². The molecule has 0 fully saturated rings. The third kappa shape index (κ3) is 4.73. The van der Waals surface area contributed by atoms with Gasteiger partial charge in [0.25, 0.3) is 0 Å². The fourth-order valence-corrected chi connectivity index (χ4v) is 1.51. The summed E-state index contributed by atoms with van der Waals surface area (Å²) in [4.78, 5) is 4.38. The van der Waals surface area contributed by atoms with Gasteiger partial charge in [-0.2, -0.15) is 0 Å². The predicted octanol–water partition coefficient (Wildman–Crippen LogP) is 2.95. The number of hydrogen-bond acceptors (Lipinski definition) is 3. The molecule has 0 saturated heterocycles. The van der Waals surface area contributed by atoms with E-state index < -0.39 is 0 Å². The summed E-state index contributed by atoms with van der Waals surface area (Å²) >= 11 is 0. The van der Waals surface area contributed by atoms with Crippen LogP contribution in [0.4, 0.5) is 5.82 Å². The zero-order chi connectivity index (χ0) is 12.9. The van der Waals surface area contributed by atoms with Gasteiger partial charge in [-0.15, -0.1) is 0 Å². The Morgan fingerprint density at radius 2 is 2.06 bits per heavy atom. The van der Waals surface area contributed by atoms with Crippen molar-refractivity contribution in [1.29, 1.82) is 0 Å². The molecule has 1 aromatic heterocycles. The lowest BCUT2D eigenvalue weighted by Gasteiger charge is -2.18. The number of aliphatic hydroxyl groups excluding tert-OH is 1. The summed E-state index contributed by atoms with van der Waals surface area (Å²) in [5.74, 6) is 0.876. The number of aliphatic hydroxyl groups is 1. The van der Waals surface area contributed by atoms with Crippen molar-refractivity contribution >= 4 is 5.82 Å². The Balaban J connectivity index is 2.46. The molecule has 3 heteroatoms. The van der Waals surface area contributed by atoms with E-state index in [9.17, 15) is 5.11 Å². The van der Waals surface area contributed by atoms with E-state index in [1.807, 2.05) is 19.2 Å². The van der Waals surface area contributed by atoms with Gasteiger partial charge in [0.15, 0.2) is 0 Å². The van der Waals surface area contributed by atoms with Crippen LogP contribution in [0.2, 0.25) is 0 Å². The molecule has 0 amide bonds. The third-order valence-corrected chi connectivity index (χ3v) is 2.88. The molecule has 1 rings (SSSR count). The number of anilines is 1. The van der Waals surface area contributed by atoms with E-state index in [0.29, 0.717) is 0 Å². The average molecular weight is 236 g/mol. The van der Waals surface area contributed by atoms with Crippen LogP contribution in [-0.2, 0) is 5.41 Å². The topological polar surface area (TPSA) is 45.1 Å². The molecule has 0 bridgehead atoms. The maximum absolute atomic E-state index is 9.43. The van der Waals surface area contributed by atoms with Gasteiger partial charge in [0.2, 0.25) is 0 Å². The van der Waals surface area contributed by atoms with Crippen molar-refractivity contribution in [1.82, 2.24) is 4.98 Å². The van der Waals surface area contributed by atoms with E-state index >= 15 is 0 Å². The molecule has 1 aromatic rings. The summed E-state index contributed by atoms with van der Waals surface area (Å²) in [6.45, 7) is 9.27. The maximum atomic E-state index is 9.43. The minimum atomic E-state index is -0.212. The molecule has 1 atom stereocenters. The number of aromatic nitrogens is 1. The first-order valence-corrected chi connectivity index (χ1v) is 6.32. The lowest BCUT2D eigenvalue weighted by molar-refractivity contribution is 0.164. The highest BCUT2D eigenvalue weighted by Crippen LogP contribution is 2.21. The van der Waals surface area contributed by atoms with Gasteiger partial charge in [-0.1, -0.05) is 33.8 Å². The fourth-order valence-electron chi connectivity index (χ4n) is 1.51. The molecular weight excluding hydrogens is 212 g/mol. The molecule has 0 spiro atoms. The van der Waals surface area contributed by atoms with Gasteiger partial charge in [-0.25, -0.2) is 4.98 Å². The second kappa shape index (κ2) is 6.01. The molecule has 1 heterocycles. The van der Waals surface area contributed by atoms with Crippen LogP contribution in [0.25, 0.3) is 0 Å². The van der Waals surface area contributed by atoms with Crippen molar-refractivity contribution < 1.29 is 5.11 Å². The molecular formula is C14H24N2O. The van der Waals surface area contributed by atoms with E-state index in [2.05, 4.69) is 37.1 Å². The second-order valence-electron chi connectivity index (χ2n) is 5.46. The van der Waals surface area contributed by atoms with Crippen LogP contribution in [-0.4, -0.2) is 22.7 Å². The molecule has 0 aromatic carbocycles. The Morgan fingerprint density at radius 1 is 1.35 bits per heavy atom. The summed E-state index contributed by atoms with van der Waals surface area (Å²) in [6.07, 6.45) is 3.27. The Kier molecular flexibility index (Phi) is 4.94. The smallest absolute Gasteiger partial charge is 0.125 e. The maximum Gasteiger partial charge on any atom is 0.125 e. The van der Waals surface area contributed by atoms with Crippen molar-refractivity contribution in [2.75, 3.05) is 11.9 Å². The molecule has 96 valence electrons. The zero-order valence-corrected chi connectivity index (χ0v) is 11.3. The fraction of sp³-hybridized carbons (Fsp3) is 0.643. The molecule has 1 unspecified atom stereocenters. The summed E-state index contributed by atoms with van der Waals surface area (Å²) < 4.78 is 0. The largest absolute Gasteiger partial charge is 0.393 e. The van der Waals surface area contributed by atoms with E-state index in [4.69, 9.17) is 0 Å². The molecule has 2 N–H and O–H groups in total. The van der Waals surface area contributed by atoms with Gasteiger partial charge < -0.3 is 10.4 Å². The van der Waals surface area contributed by atoms with Crippen LogP contribution in [0, 0.1) is 0 Å². The normalized spacial score (nSPS) is 13.5. The summed E-state index contributed by atoms with van der Waals surface area (Å²) in [7, 11) is 0. The van der Waals surface area contributed by atoms with Gasteiger partial charge in [-0.05, 0) is 29.9 Å². The van der Waals surface area contributed by atoms with Crippen LogP contribution >= 0.6 is 0 Å². The molecule has 0 aliphatic heterocycles. The highest BCUT2D eigenvalue weighted by Gasteiger charge is 2.13. The Morgan fingerprint density at radius 3 is 2.53 bits per heavy atom. The van der Waals surface area contributed by atoms with Crippen LogP contribution < -0.4 is 5.32 Å². The van der Waals surface area contributed by atoms with Crippen LogP contribution in [0.5, 0.6) is 0 Å². The van der Waals surface area contributed by atoms with Gasteiger partial charge in [0, 0.05) is 12.7 Å². The Bertz CT molecular complexity index is 327. The number of pyridine rings is 1. The lowest BCUT2D eigenvalue weighted by Crippen LogP contribution is -2.14. The van der Waals surface area contributed by atoms with Crippen LogP contribution in [0.1, 0.15) is 46.1 Å². The first kappa shape index (κ1) is 14.0. The molecule has 0 aliphatic rings. The van der Waals surface area contributed by atoms with E-state index in [-0.39, 0.29) is 11.5 Å². The summed E-state index contributed by atoms with van der Waals surface area (Å²) in [5, 5.41) is 12.6. The monoisotopic (exact) mass is 236 g/mol. The standard InChI is InChI=1S/C14H24N2O/c1-5-12(17)8-9-15-13-7-6-11(10-16-13)14(2,3)4/h6-7,10,12,17H,5,8-9H2,1-4H3,(H,15,16). The van der Waals surface area contributed by atoms with Crippen molar-refractivity contribution in [3.63, 3.8) is 0 Å². The second-order valence-corrected chi connectivity index (χ2v) is 5.46. The third-order valence-electron chi connectivity index (χ3n) is 2.88. The van der Waals surface area contributed by atoms with E-state index in [1.165, 1.54) is 5.56 Å².